The second kappa shape index (κ2) is 8.71. The summed E-state index contributed by atoms with van der Waals surface area (Å²) in [5.74, 6) is 0.713. The number of methoxy groups -OCH3 is 1. The number of anilines is 1. The van der Waals surface area contributed by atoms with Crippen molar-refractivity contribution in [1.82, 2.24) is 9.88 Å². The molecule has 2 aliphatic carbocycles. The predicted octanol–water partition coefficient (Wildman–Crippen LogP) is 4.15. The lowest BCUT2D eigenvalue weighted by Crippen LogP contribution is -2.40. The Morgan fingerprint density at radius 2 is 2.00 bits per heavy atom. The van der Waals surface area contributed by atoms with Gasteiger partial charge in [-0.2, -0.15) is 0 Å². The molecule has 2 fully saturated rings. The number of nitrogens with zero attached hydrogens (tertiary/aromatic N) is 2. The summed E-state index contributed by atoms with van der Waals surface area (Å²) in [6, 6.07) is 6.24. The van der Waals surface area contributed by atoms with E-state index in [2.05, 4.69) is 17.5 Å². The van der Waals surface area contributed by atoms with Crippen molar-refractivity contribution in [3.05, 3.63) is 47.3 Å². The van der Waals surface area contributed by atoms with E-state index in [1.807, 2.05) is 29.3 Å². The average molecular weight is 420 g/mol. The maximum atomic E-state index is 12.9. The summed E-state index contributed by atoms with van der Waals surface area (Å²) in [7, 11) is 1.66. The number of benzene rings is 1. The molecule has 1 saturated carbocycles. The quantitative estimate of drug-likeness (QED) is 0.789. The summed E-state index contributed by atoms with van der Waals surface area (Å²) in [6.45, 7) is 2.43. The van der Waals surface area contributed by atoms with Crippen molar-refractivity contribution in [2.45, 2.75) is 38.1 Å². The lowest BCUT2D eigenvalue weighted by Gasteiger charge is -2.27. The van der Waals surface area contributed by atoms with E-state index < -0.39 is 0 Å². The van der Waals surface area contributed by atoms with E-state index in [-0.39, 0.29) is 5.91 Å². The Balaban J connectivity index is 1.52. The number of hydrogen-bond acceptors (Lipinski definition) is 5. The van der Waals surface area contributed by atoms with E-state index in [0.717, 1.165) is 28.9 Å². The maximum Gasteiger partial charge on any atom is 0.254 e. The Kier molecular flexibility index (Phi) is 5.64. The zero-order valence-corrected chi connectivity index (χ0v) is 18.0. The van der Waals surface area contributed by atoms with Crippen LogP contribution in [-0.2, 0) is 11.2 Å². The largest absolute Gasteiger partial charge is 0.496 e. The first-order valence-electron chi connectivity index (χ1n) is 11.2. The lowest BCUT2D eigenvalue weighted by atomic mass is 9.98. The number of allylic oxidation sites excluding steroid dienone is 1. The van der Waals surface area contributed by atoms with Crippen LogP contribution in [0.4, 0.5) is 5.69 Å². The van der Waals surface area contributed by atoms with Gasteiger partial charge in [-0.1, -0.05) is 25.0 Å². The minimum atomic E-state index is 0.0208. The first-order valence-corrected chi connectivity index (χ1v) is 11.2. The van der Waals surface area contributed by atoms with Crippen LogP contribution in [0.1, 0.15) is 47.3 Å². The van der Waals surface area contributed by atoms with Crippen LogP contribution in [0.25, 0.3) is 17.2 Å². The number of nitrogens with one attached hydrogen (secondary N) is 1. The second-order valence-electron chi connectivity index (χ2n) is 8.46. The first-order chi connectivity index (χ1) is 15.2. The fourth-order valence-corrected chi connectivity index (χ4v) is 4.83. The fraction of sp³-hybridized carbons (Fsp3) is 0.440. The Morgan fingerprint density at radius 1 is 1.19 bits per heavy atom. The highest BCUT2D eigenvalue weighted by Gasteiger charge is 2.24. The molecule has 31 heavy (non-hydrogen) atoms. The Labute approximate surface area is 183 Å². The number of fused-ring (bicyclic) bond motifs is 1. The van der Waals surface area contributed by atoms with Crippen molar-refractivity contribution in [1.29, 1.82) is 0 Å². The van der Waals surface area contributed by atoms with Gasteiger partial charge in [-0.25, -0.2) is 0 Å². The van der Waals surface area contributed by atoms with E-state index in [1.54, 1.807) is 7.11 Å². The summed E-state index contributed by atoms with van der Waals surface area (Å²) in [5.41, 5.74) is 6.05. The SMILES string of the molecule is COc1cc(C(=O)N2CCOCC2)ccc1-c1cnc2c(c1NC1CCCC1)C=CC2. The van der Waals surface area contributed by atoms with Gasteiger partial charge < -0.3 is 19.7 Å². The molecule has 1 saturated heterocycles. The number of ether oxygens (including phenoxy) is 2. The van der Waals surface area contributed by atoms with Gasteiger partial charge >= 0.3 is 0 Å². The Hall–Kier alpha value is -2.86. The van der Waals surface area contributed by atoms with Gasteiger partial charge in [0.15, 0.2) is 0 Å². The minimum absolute atomic E-state index is 0.0208. The molecule has 0 spiro atoms. The smallest absolute Gasteiger partial charge is 0.254 e. The van der Waals surface area contributed by atoms with Gasteiger partial charge in [-0.15, -0.1) is 0 Å². The molecule has 3 aliphatic rings. The molecule has 0 radical (unpaired) electrons. The van der Waals surface area contributed by atoms with Crippen LogP contribution in [0.15, 0.2) is 30.5 Å². The third-order valence-corrected chi connectivity index (χ3v) is 6.54. The molecule has 1 aromatic heterocycles. The zero-order chi connectivity index (χ0) is 21.2. The third-order valence-electron chi connectivity index (χ3n) is 6.54. The highest BCUT2D eigenvalue weighted by atomic mass is 16.5. The van der Waals surface area contributed by atoms with Gasteiger partial charge in [0.2, 0.25) is 0 Å². The molecule has 0 bridgehead atoms. The van der Waals surface area contributed by atoms with E-state index in [9.17, 15) is 4.79 Å². The standard InChI is InChI=1S/C25H29N3O3/c1-30-23-15-17(25(29)28-11-13-31-14-12-28)9-10-19(23)21-16-26-22-8-4-7-20(22)24(21)27-18-5-2-3-6-18/h4,7,9-10,15-16,18H,2-3,5-6,8,11-14H2,1H3,(H,26,27). The van der Waals surface area contributed by atoms with E-state index >= 15 is 0 Å². The first kappa shape index (κ1) is 20.1. The summed E-state index contributed by atoms with van der Waals surface area (Å²) in [5, 5.41) is 3.81. The topological polar surface area (TPSA) is 63.7 Å². The number of morpholine rings is 1. The molecule has 1 N–H and O–H groups in total. The minimum Gasteiger partial charge on any atom is -0.496 e. The summed E-state index contributed by atoms with van der Waals surface area (Å²) in [4.78, 5) is 19.5. The fourth-order valence-electron chi connectivity index (χ4n) is 4.83. The van der Waals surface area contributed by atoms with Gasteiger partial charge in [0.05, 0.1) is 31.7 Å². The van der Waals surface area contributed by atoms with Crippen molar-refractivity contribution >= 4 is 17.7 Å². The van der Waals surface area contributed by atoms with E-state index in [1.165, 1.54) is 31.2 Å². The number of pyridine rings is 1. The van der Waals surface area contributed by atoms with E-state index in [4.69, 9.17) is 14.5 Å². The molecule has 2 heterocycles. The van der Waals surface area contributed by atoms with Crippen molar-refractivity contribution in [2.75, 3.05) is 38.7 Å². The van der Waals surface area contributed by atoms with Crippen LogP contribution in [-0.4, -0.2) is 55.2 Å². The molecule has 1 aromatic carbocycles. The van der Waals surface area contributed by atoms with Crippen molar-refractivity contribution in [3.63, 3.8) is 0 Å². The normalized spacial score (nSPS) is 18.3. The number of amides is 1. The number of hydrogen-bond donors (Lipinski definition) is 1. The van der Waals surface area contributed by atoms with Crippen molar-refractivity contribution in [2.24, 2.45) is 0 Å². The highest BCUT2D eigenvalue weighted by Crippen LogP contribution is 2.41. The lowest BCUT2D eigenvalue weighted by molar-refractivity contribution is 0.0302. The van der Waals surface area contributed by atoms with Gasteiger partial charge in [-0.3, -0.25) is 9.78 Å². The van der Waals surface area contributed by atoms with Gasteiger partial charge in [0.1, 0.15) is 5.75 Å². The third kappa shape index (κ3) is 3.92. The molecule has 162 valence electrons. The average Bonchev–Trinajstić information content (AvgIpc) is 3.51. The van der Waals surface area contributed by atoms with Crippen molar-refractivity contribution < 1.29 is 14.3 Å². The zero-order valence-electron chi connectivity index (χ0n) is 18.0. The predicted molar refractivity (Wildman–Crippen MR) is 122 cm³/mol. The number of rotatable bonds is 5. The maximum absolute atomic E-state index is 12.9. The van der Waals surface area contributed by atoms with E-state index in [0.29, 0.717) is 43.7 Å². The molecule has 5 rings (SSSR count). The number of carbonyl (C=O) groups is 1. The molecular formula is C25H29N3O3. The van der Waals surface area contributed by atoms with Gasteiger partial charge in [0, 0.05) is 54.0 Å². The second-order valence-corrected chi connectivity index (χ2v) is 8.46. The molecule has 1 aliphatic heterocycles. The van der Waals surface area contributed by atoms with Crippen LogP contribution in [0.3, 0.4) is 0 Å². The molecule has 1 amide bonds. The van der Waals surface area contributed by atoms with Crippen LogP contribution in [0.2, 0.25) is 0 Å². The summed E-state index contributed by atoms with van der Waals surface area (Å²) < 4.78 is 11.1. The monoisotopic (exact) mass is 419 g/mol. The molecular weight excluding hydrogens is 390 g/mol. The van der Waals surface area contributed by atoms with Crippen LogP contribution < -0.4 is 10.1 Å². The highest BCUT2D eigenvalue weighted by molar-refractivity contribution is 5.97. The van der Waals surface area contributed by atoms with Crippen LogP contribution in [0, 0.1) is 0 Å². The number of aromatic nitrogens is 1. The molecule has 2 aromatic rings. The van der Waals surface area contributed by atoms with Crippen LogP contribution >= 0.6 is 0 Å². The van der Waals surface area contributed by atoms with Gasteiger partial charge in [0.25, 0.3) is 5.91 Å². The van der Waals surface area contributed by atoms with Crippen LogP contribution in [0.5, 0.6) is 5.75 Å². The Bertz CT molecular complexity index is 1010. The molecule has 0 atom stereocenters. The molecule has 6 heteroatoms. The van der Waals surface area contributed by atoms with Crippen molar-refractivity contribution in [3.8, 4) is 16.9 Å². The molecule has 6 nitrogen and oxygen atoms in total. The van der Waals surface area contributed by atoms with Gasteiger partial charge in [-0.05, 0) is 31.0 Å². The number of carbonyl (C=O) groups excluding carboxylic acids is 1. The summed E-state index contributed by atoms with van der Waals surface area (Å²) >= 11 is 0. The summed E-state index contributed by atoms with van der Waals surface area (Å²) in [6.07, 6.45) is 12.1. The Morgan fingerprint density at radius 3 is 2.77 bits per heavy atom. The molecule has 0 unspecified atom stereocenters.